The van der Waals surface area contributed by atoms with Crippen molar-refractivity contribution in [2.24, 2.45) is 0 Å². The first kappa shape index (κ1) is 26.6. The van der Waals surface area contributed by atoms with Gasteiger partial charge >= 0.3 is 0 Å². The van der Waals surface area contributed by atoms with Gasteiger partial charge in [-0.2, -0.15) is 5.26 Å². The summed E-state index contributed by atoms with van der Waals surface area (Å²) in [6.07, 6.45) is 0. The zero-order valence-electron chi connectivity index (χ0n) is 25.9. The molecule has 2 aromatic heterocycles. The van der Waals surface area contributed by atoms with E-state index in [0.29, 0.717) is 5.56 Å². The van der Waals surface area contributed by atoms with Crippen molar-refractivity contribution in [3.8, 4) is 28.6 Å². The minimum absolute atomic E-state index is 0.702. The van der Waals surface area contributed by atoms with E-state index in [1.165, 1.54) is 49.2 Å². The summed E-state index contributed by atoms with van der Waals surface area (Å²) in [4.78, 5) is 0. The molecule has 0 aliphatic rings. The van der Waals surface area contributed by atoms with E-state index >= 15 is 0 Å². The van der Waals surface area contributed by atoms with Crippen LogP contribution in [0.3, 0.4) is 0 Å². The number of nitriles is 1. The van der Waals surface area contributed by atoms with Crippen LogP contribution in [-0.2, 0) is 0 Å². The van der Waals surface area contributed by atoms with Crippen molar-refractivity contribution in [2.75, 3.05) is 0 Å². The molecule has 0 atom stereocenters. The predicted octanol–water partition coefficient (Wildman–Crippen LogP) is 11.7. The van der Waals surface area contributed by atoms with Crippen LogP contribution in [0.5, 0.6) is 0 Å². The van der Waals surface area contributed by atoms with Gasteiger partial charge in [-0.25, -0.2) is 0 Å². The van der Waals surface area contributed by atoms with Gasteiger partial charge in [0.15, 0.2) is 0 Å². The van der Waals surface area contributed by atoms with E-state index in [0.717, 1.165) is 38.4 Å². The Labute approximate surface area is 276 Å². The second kappa shape index (κ2) is 10.2. The van der Waals surface area contributed by atoms with Crippen LogP contribution < -0.4 is 0 Å². The maximum Gasteiger partial charge on any atom is 0.0998 e. The van der Waals surface area contributed by atoms with E-state index in [4.69, 9.17) is 0 Å². The molecule has 0 amide bonds. The Balaban J connectivity index is 1.29. The molecule has 0 saturated heterocycles. The molecule has 0 bridgehead atoms. The fourth-order valence-corrected chi connectivity index (χ4v) is 7.83. The maximum atomic E-state index is 9.91. The summed E-state index contributed by atoms with van der Waals surface area (Å²) in [5.74, 6) is 0. The summed E-state index contributed by atoms with van der Waals surface area (Å²) < 4.78 is 4.80. The van der Waals surface area contributed by atoms with Crippen LogP contribution in [0.15, 0.2) is 164 Å². The van der Waals surface area contributed by atoms with Crippen molar-refractivity contribution in [3.63, 3.8) is 0 Å². The fraction of sp³-hybridized carbons (Fsp3) is 0. The zero-order chi connectivity index (χ0) is 31.8. The van der Waals surface area contributed by atoms with E-state index in [1.54, 1.807) is 0 Å². The van der Waals surface area contributed by atoms with Crippen LogP contribution in [0.4, 0.5) is 0 Å². The molecule has 48 heavy (non-hydrogen) atoms. The first-order valence-corrected chi connectivity index (χ1v) is 16.3. The highest BCUT2D eigenvalue weighted by atomic mass is 15.0. The lowest BCUT2D eigenvalue weighted by atomic mass is 9.97. The molecule has 0 spiro atoms. The van der Waals surface area contributed by atoms with Crippen LogP contribution in [0.1, 0.15) is 5.56 Å². The summed E-state index contributed by atoms with van der Waals surface area (Å²) in [5, 5.41) is 19.1. The van der Waals surface area contributed by atoms with Crippen LogP contribution in [0.25, 0.3) is 87.7 Å². The average Bonchev–Trinajstić information content (AvgIpc) is 3.67. The smallest absolute Gasteiger partial charge is 0.0998 e. The van der Waals surface area contributed by atoms with Gasteiger partial charge in [-0.05, 0) is 70.3 Å². The van der Waals surface area contributed by atoms with Gasteiger partial charge in [0.1, 0.15) is 0 Å². The number of aromatic nitrogens is 2. The summed E-state index contributed by atoms with van der Waals surface area (Å²) in [7, 11) is 0. The summed E-state index contributed by atoms with van der Waals surface area (Å²) in [5.41, 5.74) is 10.0. The summed E-state index contributed by atoms with van der Waals surface area (Å²) in [6.45, 7) is 0. The second-order valence-electron chi connectivity index (χ2n) is 12.5. The monoisotopic (exact) mass is 609 g/mol. The first-order valence-electron chi connectivity index (χ1n) is 16.3. The molecule has 2 heterocycles. The Kier molecular flexibility index (Phi) is 5.64. The number of para-hydroxylation sites is 4. The predicted molar refractivity (Wildman–Crippen MR) is 200 cm³/mol. The molecular formula is C45H27N3. The standard InChI is InChI=1S/C45H27N3/c46-28-31-25-29-21-23-33(27-41(29)36-14-5-4-13-34(31)36)48-43-20-9-7-16-38(43)40-18-10-17-35(45(40)48)30-22-24-39-37-15-6-8-19-42(37)47(44(39)26-30)32-11-2-1-3-12-32/h1-27H. The highest BCUT2D eigenvalue weighted by molar-refractivity contribution is 6.16. The molecular weight excluding hydrogens is 583 g/mol. The van der Waals surface area contributed by atoms with Crippen molar-refractivity contribution < 1.29 is 0 Å². The lowest BCUT2D eigenvalue weighted by molar-refractivity contribution is 1.18. The number of rotatable bonds is 3. The molecule has 0 aliphatic heterocycles. The second-order valence-corrected chi connectivity index (χ2v) is 12.5. The van der Waals surface area contributed by atoms with Gasteiger partial charge < -0.3 is 9.13 Å². The largest absolute Gasteiger partial charge is 0.309 e. The van der Waals surface area contributed by atoms with E-state index < -0.39 is 0 Å². The SMILES string of the molecule is N#Cc1cc2ccc(-n3c4ccccc4c4cccc(-c5ccc6c7ccccc7n(-c7ccccc7)c6c5)c43)cc2c2ccccc12. The third kappa shape index (κ3) is 3.75. The van der Waals surface area contributed by atoms with Crippen molar-refractivity contribution in [1.82, 2.24) is 9.13 Å². The van der Waals surface area contributed by atoms with E-state index in [-0.39, 0.29) is 0 Å². The molecule has 0 radical (unpaired) electrons. The van der Waals surface area contributed by atoms with Crippen molar-refractivity contribution in [2.45, 2.75) is 0 Å². The minimum atomic E-state index is 0.702. The molecule has 0 aliphatic carbocycles. The topological polar surface area (TPSA) is 33.6 Å². The van der Waals surface area contributed by atoms with Crippen LogP contribution in [0, 0.1) is 11.3 Å². The van der Waals surface area contributed by atoms with Gasteiger partial charge in [-0.1, -0.05) is 115 Å². The molecule has 3 nitrogen and oxygen atoms in total. The lowest BCUT2D eigenvalue weighted by Gasteiger charge is -2.14. The molecule has 0 fully saturated rings. The summed E-state index contributed by atoms with van der Waals surface area (Å²) >= 11 is 0. The molecule has 3 heteroatoms. The van der Waals surface area contributed by atoms with E-state index in [1.807, 2.05) is 18.2 Å². The third-order valence-electron chi connectivity index (χ3n) is 9.92. The van der Waals surface area contributed by atoms with E-state index in [2.05, 4.69) is 161 Å². The Morgan fingerprint density at radius 3 is 1.83 bits per heavy atom. The average molecular weight is 610 g/mol. The van der Waals surface area contributed by atoms with Crippen LogP contribution in [-0.4, -0.2) is 9.13 Å². The normalized spacial score (nSPS) is 11.7. The number of hydrogen-bond acceptors (Lipinski definition) is 1. The van der Waals surface area contributed by atoms with Crippen LogP contribution in [0.2, 0.25) is 0 Å². The molecule has 10 aromatic rings. The highest BCUT2D eigenvalue weighted by Crippen LogP contribution is 2.41. The van der Waals surface area contributed by atoms with Gasteiger partial charge in [0.05, 0.1) is 33.7 Å². The summed E-state index contributed by atoms with van der Waals surface area (Å²) in [6, 6.07) is 60.9. The Bertz CT molecular complexity index is 2950. The Morgan fingerprint density at radius 1 is 0.396 bits per heavy atom. The lowest BCUT2D eigenvalue weighted by Crippen LogP contribution is -1.97. The molecule has 10 rings (SSSR count). The maximum absolute atomic E-state index is 9.91. The molecule has 8 aromatic carbocycles. The van der Waals surface area contributed by atoms with Crippen LogP contribution >= 0.6 is 0 Å². The molecule has 0 N–H and O–H groups in total. The van der Waals surface area contributed by atoms with Gasteiger partial charge in [-0.3, -0.25) is 0 Å². The van der Waals surface area contributed by atoms with Crippen molar-refractivity contribution >= 4 is 65.2 Å². The zero-order valence-corrected chi connectivity index (χ0v) is 25.9. The highest BCUT2D eigenvalue weighted by Gasteiger charge is 2.19. The molecule has 0 saturated carbocycles. The number of hydrogen-bond donors (Lipinski definition) is 0. The quantitative estimate of drug-likeness (QED) is 0.183. The number of fused-ring (bicyclic) bond motifs is 9. The molecule has 0 unspecified atom stereocenters. The van der Waals surface area contributed by atoms with Gasteiger partial charge in [0.2, 0.25) is 0 Å². The minimum Gasteiger partial charge on any atom is -0.309 e. The number of nitrogens with zero attached hydrogens (tertiary/aromatic N) is 3. The van der Waals surface area contributed by atoms with Crippen molar-refractivity contribution in [1.29, 1.82) is 5.26 Å². The Hall–Kier alpha value is -6.63. The van der Waals surface area contributed by atoms with Gasteiger partial charge in [-0.15, -0.1) is 0 Å². The van der Waals surface area contributed by atoms with E-state index in [9.17, 15) is 5.26 Å². The molecule has 222 valence electrons. The first-order chi connectivity index (χ1) is 23.8. The van der Waals surface area contributed by atoms with Crippen molar-refractivity contribution in [3.05, 3.63) is 169 Å². The Morgan fingerprint density at radius 2 is 1.04 bits per heavy atom. The van der Waals surface area contributed by atoms with Gasteiger partial charge in [0, 0.05) is 43.9 Å². The number of benzene rings is 8. The van der Waals surface area contributed by atoms with Gasteiger partial charge in [0.25, 0.3) is 0 Å². The third-order valence-corrected chi connectivity index (χ3v) is 9.92. The fourth-order valence-electron chi connectivity index (χ4n) is 7.83.